The van der Waals surface area contributed by atoms with Crippen molar-refractivity contribution in [2.45, 2.75) is 25.3 Å². The number of hydrogen-bond acceptors (Lipinski definition) is 4. The molecule has 1 aliphatic carbocycles. The van der Waals surface area contributed by atoms with Crippen molar-refractivity contribution in [3.8, 4) is 11.1 Å². The van der Waals surface area contributed by atoms with Crippen molar-refractivity contribution in [2.24, 2.45) is 0 Å². The number of benzene rings is 2. The Hall–Kier alpha value is -3.21. The van der Waals surface area contributed by atoms with Gasteiger partial charge in [0.05, 0.1) is 0 Å². The first-order chi connectivity index (χ1) is 12.8. The molecule has 0 saturated carbocycles. The minimum atomic E-state index is -0.207. The molecule has 2 heterocycles. The van der Waals surface area contributed by atoms with Gasteiger partial charge in [-0.2, -0.15) is 10.1 Å². The van der Waals surface area contributed by atoms with E-state index in [1.165, 1.54) is 11.9 Å². The summed E-state index contributed by atoms with van der Waals surface area (Å²) in [6.45, 7) is 0. The van der Waals surface area contributed by atoms with Crippen LogP contribution in [0.5, 0.6) is 0 Å². The van der Waals surface area contributed by atoms with Crippen molar-refractivity contribution in [3.63, 3.8) is 0 Å². The van der Waals surface area contributed by atoms with E-state index in [2.05, 4.69) is 51.8 Å². The van der Waals surface area contributed by atoms with Gasteiger partial charge in [0.25, 0.3) is 0 Å². The molecule has 1 N–H and O–H groups in total. The highest BCUT2D eigenvalue weighted by Gasteiger charge is 2.35. The van der Waals surface area contributed by atoms with Gasteiger partial charge in [0.1, 0.15) is 12.4 Å². The number of allylic oxidation sites excluding steroid dienone is 2. The van der Waals surface area contributed by atoms with Gasteiger partial charge in [0.15, 0.2) is 5.78 Å². The van der Waals surface area contributed by atoms with Crippen LogP contribution in [0.4, 0.5) is 5.95 Å². The zero-order chi connectivity index (χ0) is 17.5. The van der Waals surface area contributed by atoms with Crippen LogP contribution in [-0.2, 0) is 4.79 Å². The fourth-order valence-corrected chi connectivity index (χ4v) is 3.89. The van der Waals surface area contributed by atoms with Gasteiger partial charge < -0.3 is 5.32 Å². The number of Topliss-reactive ketones (excluding diaryl/α,β-unsaturated/α-hetero) is 1. The number of carbonyl (C=O) groups excluding carboxylic acids is 1. The molecule has 1 aromatic heterocycles. The summed E-state index contributed by atoms with van der Waals surface area (Å²) in [5.74, 6) is 0.910. The summed E-state index contributed by atoms with van der Waals surface area (Å²) < 4.78 is 1.82. The monoisotopic (exact) mass is 342 g/mol. The minimum Gasteiger partial charge on any atom is -0.328 e. The van der Waals surface area contributed by atoms with E-state index in [1.807, 2.05) is 22.9 Å². The minimum absolute atomic E-state index is 0.206. The Kier molecular flexibility index (Phi) is 3.45. The molecule has 0 saturated heterocycles. The van der Waals surface area contributed by atoms with Crippen LogP contribution >= 0.6 is 0 Å². The predicted octanol–water partition coefficient (Wildman–Crippen LogP) is 3.97. The zero-order valence-electron chi connectivity index (χ0n) is 14.2. The summed E-state index contributed by atoms with van der Waals surface area (Å²) in [6, 6.07) is 18.5. The summed E-state index contributed by atoms with van der Waals surface area (Å²) in [5.41, 5.74) is 5.23. The van der Waals surface area contributed by atoms with Gasteiger partial charge in [-0.25, -0.2) is 4.68 Å². The van der Waals surface area contributed by atoms with Gasteiger partial charge in [-0.3, -0.25) is 4.79 Å². The maximum Gasteiger partial charge on any atom is 0.226 e. The molecule has 0 radical (unpaired) electrons. The number of fused-ring (bicyclic) bond motifs is 1. The van der Waals surface area contributed by atoms with E-state index >= 15 is 0 Å². The number of nitrogens with zero attached hydrogens (tertiary/aromatic N) is 3. The fraction of sp³-hybridized carbons (Fsp3) is 0.190. The molecule has 26 heavy (non-hydrogen) atoms. The predicted molar refractivity (Wildman–Crippen MR) is 99.5 cm³/mol. The summed E-state index contributed by atoms with van der Waals surface area (Å²) in [6.07, 6.45) is 3.91. The van der Waals surface area contributed by atoms with Crippen LogP contribution in [0.25, 0.3) is 11.1 Å². The SMILES string of the molecule is O=C1CCCC2=C1C(c1ccc(-c3ccccc3)cc1)n1ncnc1N2. The van der Waals surface area contributed by atoms with Crippen LogP contribution in [0.15, 0.2) is 72.2 Å². The molecule has 5 nitrogen and oxygen atoms in total. The van der Waals surface area contributed by atoms with Crippen molar-refractivity contribution < 1.29 is 4.79 Å². The maximum absolute atomic E-state index is 12.7. The second-order valence-electron chi connectivity index (χ2n) is 6.71. The number of aromatic nitrogens is 3. The van der Waals surface area contributed by atoms with Gasteiger partial charge in [0.2, 0.25) is 5.95 Å². The summed E-state index contributed by atoms with van der Waals surface area (Å²) in [4.78, 5) is 17.0. The van der Waals surface area contributed by atoms with E-state index in [0.29, 0.717) is 12.4 Å². The van der Waals surface area contributed by atoms with Crippen LogP contribution in [0.3, 0.4) is 0 Å². The third-order valence-corrected chi connectivity index (χ3v) is 5.14. The first-order valence-electron chi connectivity index (χ1n) is 8.89. The molecule has 2 aliphatic rings. The van der Waals surface area contributed by atoms with E-state index in [9.17, 15) is 4.79 Å². The quantitative estimate of drug-likeness (QED) is 0.765. The lowest BCUT2D eigenvalue weighted by Crippen LogP contribution is -2.31. The molecule has 1 atom stereocenters. The molecule has 5 heteroatoms. The van der Waals surface area contributed by atoms with Crippen LogP contribution in [0.2, 0.25) is 0 Å². The lowest BCUT2D eigenvalue weighted by Gasteiger charge is -2.32. The number of ketones is 1. The fourth-order valence-electron chi connectivity index (χ4n) is 3.89. The van der Waals surface area contributed by atoms with Crippen molar-refractivity contribution in [2.75, 3.05) is 5.32 Å². The molecule has 1 unspecified atom stereocenters. The van der Waals surface area contributed by atoms with Gasteiger partial charge in [0, 0.05) is 17.7 Å². The molecular formula is C21H18N4O. The second kappa shape index (κ2) is 5.95. The first-order valence-corrected chi connectivity index (χ1v) is 8.89. The molecule has 0 amide bonds. The molecule has 0 spiro atoms. The van der Waals surface area contributed by atoms with Crippen molar-refractivity contribution >= 4 is 11.7 Å². The first kappa shape index (κ1) is 15.1. The summed E-state index contributed by atoms with van der Waals surface area (Å²) in [5, 5.41) is 7.67. The van der Waals surface area contributed by atoms with E-state index in [-0.39, 0.29) is 11.8 Å². The molecule has 5 rings (SSSR count). The normalized spacial score (nSPS) is 18.9. The lowest BCUT2D eigenvalue weighted by atomic mass is 9.85. The van der Waals surface area contributed by atoms with E-state index in [1.54, 1.807) is 0 Å². The average Bonchev–Trinajstić information content (AvgIpc) is 3.16. The van der Waals surface area contributed by atoms with Crippen LogP contribution in [0.1, 0.15) is 30.9 Å². The summed E-state index contributed by atoms with van der Waals surface area (Å²) >= 11 is 0. The molecule has 0 fully saturated rings. The Bertz CT molecular complexity index is 1000. The average molecular weight is 342 g/mol. The van der Waals surface area contributed by atoms with Crippen LogP contribution in [0, 0.1) is 0 Å². The van der Waals surface area contributed by atoms with E-state index in [4.69, 9.17) is 0 Å². The highest BCUT2D eigenvalue weighted by Crippen LogP contribution is 2.39. The van der Waals surface area contributed by atoms with Gasteiger partial charge in [-0.1, -0.05) is 54.6 Å². The van der Waals surface area contributed by atoms with Crippen molar-refractivity contribution in [1.82, 2.24) is 14.8 Å². The molecule has 0 bridgehead atoms. The molecule has 3 aromatic rings. The van der Waals surface area contributed by atoms with Gasteiger partial charge in [-0.05, 0) is 29.5 Å². The third kappa shape index (κ3) is 2.36. The van der Waals surface area contributed by atoms with E-state index < -0.39 is 0 Å². The number of nitrogens with one attached hydrogen (secondary N) is 1. The Morgan fingerprint density at radius 2 is 1.73 bits per heavy atom. The van der Waals surface area contributed by atoms with Crippen molar-refractivity contribution in [3.05, 3.63) is 77.8 Å². The van der Waals surface area contributed by atoms with Crippen LogP contribution < -0.4 is 5.32 Å². The van der Waals surface area contributed by atoms with Crippen molar-refractivity contribution in [1.29, 1.82) is 0 Å². The molecular weight excluding hydrogens is 324 g/mol. The van der Waals surface area contributed by atoms with Crippen LogP contribution in [-0.4, -0.2) is 20.5 Å². The topological polar surface area (TPSA) is 59.8 Å². The maximum atomic E-state index is 12.7. The number of carbonyl (C=O) groups is 1. The Morgan fingerprint density at radius 1 is 0.962 bits per heavy atom. The largest absolute Gasteiger partial charge is 0.328 e. The molecule has 1 aliphatic heterocycles. The van der Waals surface area contributed by atoms with Gasteiger partial charge >= 0.3 is 0 Å². The lowest BCUT2D eigenvalue weighted by molar-refractivity contribution is -0.116. The van der Waals surface area contributed by atoms with E-state index in [0.717, 1.165) is 35.2 Å². The Labute approximate surface area is 151 Å². The molecule has 128 valence electrons. The third-order valence-electron chi connectivity index (χ3n) is 5.14. The number of hydrogen-bond donors (Lipinski definition) is 1. The highest BCUT2D eigenvalue weighted by atomic mass is 16.1. The smallest absolute Gasteiger partial charge is 0.226 e. The Balaban J connectivity index is 1.60. The molecule has 2 aromatic carbocycles. The highest BCUT2D eigenvalue weighted by molar-refractivity contribution is 5.99. The summed E-state index contributed by atoms with van der Waals surface area (Å²) in [7, 11) is 0. The Morgan fingerprint density at radius 3 is 2.54 bits per heavy atom. The standard InChI is InChI=1S/C21H18N4O/c26-18-8-4-7-17-19(18)20(25-21(24-17)22-13-23-25)16-11-9-15(10-12-16)14-5-2-1-3-6-14/h1-3,5-6,9-13,20H,4,7-8H2,(H,22,23,24). The number of rotatable bonds is 2. The zero-order valence-corrected chi connectivity index (χ0v) is 14.2. The van der Waals surface area contributed by atoms with Gasteiger partial charge in [-0.15, -0.1) is 0 Å². The number of anilines is 1. The second-order valence-corrected chi connectivity index (χ2v) is 6.71.